The normalized spacial score (nSPS) is 10.6. The first-order valence-corrected chi connectivity index (χ1v) is 6.20. The number of carbonyl (C=O) groups is 1. The van der Waals surface area contributed by atoms with Gasteiger partial charge in [0.25, 0.3) is 0 Å². The molecule has 2 rings (SSSR count). The van der Waals surface area contributed by atoms with Gasteiger partial charge in [0.2, 0.25) is 0 Å². The van der Waals surface area contributed by atoms with Crippen LogP contribution in [0.3, 0.4) is 0 Å². The predicted molar refractivity (Wildman–Crippen MR) is 73.5 cm³/mol. The second-order valence-electron chi connectivity index (χ2n) is 4.24. The smallest absolute Gasteiger partial charge is 0.339 e. The Hall–Kier alpha value is -2.14. The summed E-state index contributed by atoms with van der Waals surface area (Å²) in [6.07, 6.45) is 1.45. The summed E-state index contributed by atoms with van der Waals surface area (Å²) in [7, 11) is 0. The molecule has 19 heavy (non-hydrogen) atoms. The molecule has 0 radical (unpaired) electrons. The maximum Gasteiger partial charge on any atom is 0.339 e. The van der Waals surface area contributed by atoms with E-state index < -0.39 is 5.97 Å². The summed E-state index contributed by atoms with van der Waals surface area (Å²) >= 11 is 0. The highest BCUT2D eigenvalue weighted by Crippen LogP contribution is 2.20. The molecule has 1 heterocycles. The van der Waals surface area contributed by atoms with E-state index in [0.29, 0.717) is 18.8 Å². The van der Waals surface area contributed by atoms with E-state index in [1.165, 1.54) is 0 Å². The fraction of sp³-hybridized carbons (Fsp3) is 0.286. The second-order valence-corrected chi connectivity index (χ2v) is 4.24. The van der Waals surface area contributed by atoms with E-state index in [-0.39, 0.29) is 12.2 Å². The SMILES string of the molecule is O=C(O)c1cc2ccccc2nc1NCCCCO. The number of aromatic carboxylic acids is 1. The highest BCUT2D eigenvalue weighted by molar-refractivity contribution is 5.98. The van der Waals surface area contributed by atoms with Crippen molar-refractivity contribution in [2.24, 2.45) is 0 Å². The predicted octanol–water partition coefficient (Wildman–Crippen LogP) is 2.12. The van der Waals surface area contributed by atoms with Gasteiger partial charge in [-0.2, -0.15) is 0 Å². The van der Waals surface area contributed by atoms with Crippen molar-refractivity contribution in [1.29, 1.82) is 0 Å². The molecule has 0 aliphatic heterocycles. The van der Waals surface area contributed by atoms with Gasteiger partial charge in [0.15, 0.2) is 0 Å². The van der Waals surface area contributed by atoms with E-state index in [0.717, 1.165) is 17.3 Å². The van der Waals surface area contributed by atoms with E-state index in [9.17, 15) is 9.90 Å². The van der Waals surface area contributed by atoms with Gasteiger partial charge in [-0.15, -0.1) is 0 Å². The summed E-state index contributed by atoms with van der Waals surface area (Å²) in [5.41, 5.74) is 0.930. The summed E-state index contributed by atoms with van der Waals surface area (Å²) in [4.78, 5) is 15.6. The molecular weight excluding hydrogens is 244 g/mol. The molecule has 0 unspecified atom stereocenters. The Morgan fingerprint density at radius 3 is 2.79 bits per heavy atom. The number of benzene rings is 1. The molecule has 5 nitrogen and oxygen atoms in total. The number of hydrogen-bond donors (Lipinski definition) is 3. The Balaban J connectivity index is 2.28. The average molecular weight is 260 g/mol. The van der Waals surface area contributed by atoms with Crippen LogP contribution in [0.4, 0.5) is 5.82 Å². The molecule has 0 fully saturated rings. The van der Waals surface area contributed by atoms with Crippen LogP contribution in [-0.2, 0) is 0 Å². The minimum absolute atomic E-state index is 0.138. The van der Waals surface area contributed by atoms with Crippen LogP contribution in [0.1, 0.15) is 23.2 Å². The number of aliphatic hydroxyl groups excluding tert-OH is 1. The number of nitrogens with zero attached hydrogens (tertiary/aromatic N) is 1. The van der Waals surface area contributed by atoms with Gasteiger partial charge < -0.3 is 15.5 Å². The van der Waals surface area contributed by atoms with Gasteiger partial charge in [0, 0.05) is 18.5 Å². The first-order chi connectivity index (χ1) is 9.22. The summed E-state index contributed by atoms with van der Waals surface area (Å²) in [6, 6.07) is 9.03. The molecule has 0 amide bonds. The number of carboxylic acids is 1. The molecule has 0 aliphatic rings. The lowest BCUT2D eigenvalue weighted by molar-refractivity contribution is 0.0697. The average Bonchev–Trinajstić information content (AvgIpc) is 2.42. The zero-order valence-corrected chi connectivity index (χ0v) is 10.5. The van der Waals surface area contributed by atoms with Gasteiger partial charge in [-0.1, -0.05) is 18.2 Å². The fourth-order valence-electron chi connectivity index (χ4n) is 1.86. The molecule has 0 bridgehead atoms. The molecule has 1 aromatic heterocycles. The minimum atomic E-state index is -0.997. The van der Waals surface area contributed by atoms with Crippen molar-refractivity contribution < 1.29 is 15.0 Å². The maximum absolute atomic E-state index is 11.2. The Labute approximate surface area is 110 Å². The van der Waals surface area contributed by atoms with Crippen molar-refractivity contribution in [3.05, 3.63) is 35.9 Å². The quantitative estimate of drug-likeness (QED) is 0.693. The number of aromatic nitrogens is 1. The maximum atomic E-state index is 11.2. The standard InChI is InChI=1S/C14H16N2O3/c17-8-4-3-7-15-13-11(14(18)19)9-10-5-1-2-6-12(10)16-13/h1-2,5-6,9,17H,3-4,7-8H2,(H,15,16)(H,18,19). The van der Waals surface area contributed by atoms with Crippen molar-refractivity contribution in [1.82, 2.24) is 4.98 Å². The number of rotatable bonds is 6. The van der Waals surface area contributed by atoms with Gasteiger partial charge >= 0.3 is 5.97 Å². The van der Waals surface area contributed by atoms with E-state index in [1.807, 2.05) is 24.3 Å². The molecular formula is C14H16N2O3. The molecule has 1 aromatic carbocycles. The number of nitrogens with one attached hydrogen (secondary N) is 1. The number of carboxylic acid groups (broad SMARTS) is 1. The van der Waals surface area contributed by atoms with Crippen LogP contribution in [0.25, 0.3) is 10.9 Å². The second kappa shape index (κ2) is 6.15. The first kappa shape index (κ1) is 13.3. The highest BCUT2D eigenvalue weighted by atomic mass is 16.4. The van der Waals surface area contributed by atoms with Crippen molar-refractivity contribution in [2.75, 3.05) is 18.5 Å². The molecule has 0 aliphatic carbocycles. The van der Waals surface area contributed by atoms with Crippen LogP contribution in [0.5, 0.6) is 0 Å². The third-order valence-corrected chi connectivity index (χ3v) is 2.83. The van der Waals surface area contributed by atoms with Crippen LogP contribution in [0, 0.1) is 0 Å². The molecule has 100 valence electrons. The molecule has 5 heteroatoms. The van der Waals surface area contributed by atoms with Crippen molar-refractivity contribution in [3.63, 3.8) is 0 Å². The number of aliphatic hydroxyl groups is 1. The summed E-state index contributed by atoms with van der Waals surface area (Å²) in [5, 5.41) is 21.7. The highest BCUT2D eigenvalue weighted by Gasteiger charge is 2.12. The van der Waals surface area contributed by atoms with Gasteiger partial charge in [0.1, 0.15) is 11.4 Å². The minimum Gasteiger partial charge on any atom is -0.478 e. The third kappa shape index (κ3) is 3.20. The van der Waals surface area contributed by atoms with Crippen molar-refractivity contribution >= 4 is 22.7 Å². The Morgan fingerprint density at radius 2 is 2.05 bits per heavy atom. The number of pyridine rings is 1. The number of fused-ring (bicyclic) bond motifs is 1. The lowest BCUT2D eigenvalue weighted by Gasteiger charge is -2.09. The Bertz CT molecular complexity index is 584. The Kier molecular flexibility index (Phi) is 4.30. The Morgan fingerprint density at radius 1 is 1.26 bits per heavy atom. The topological polar surface area (TPSA) is 82.5 Å². The lowest BCUT2D eigenvalue weighted by Crippen LogP contribution is -2.10. The zero-order chi connectivity index (χ0) is 13.7. The van der Waals surface area contributed by atoms with Crippen molar-refractivity contribution in [2.45, 2.75) is 12.8 Å². The van der Waals surface area contributed by atoms with Crippen LogP contribution < -0.4 is 5.32 Å². The van der Waals surface area contributed by atoms with Crippen LogP contribution in [-0.4, -0.2) is 34.3 Å². The molecule has 0 spiro atoms. The fourth-order valence-corrected chi connectivity index (χ4v) is 1.86. The monoisotopic (exact) mass is 260 g/mol. The number of anilines is 1. The van der Waals surface area contributed by atoms with E-state index in [1.54, 1.807) is 6.07 Å². The lowest BCUT2D eigenvalue weighted by atomic mass is 10.1. The zero-order valence-electron chi connectivity index (χ0n) is 10.5. The van der Waals surface area contributed by atoms with Gasteiger partial charge in [0.05, 0.1) is 5.52 Å². The number of hydrogen-bond acceptors (Lipinski definition) is 4. The number of unbranched alkanes of at least 4 members (excludes halogenated alkanes) is 1. The van der Waals surface area contributed by atoms with E-state index in [4.69, 9.17) is 5.11 Å². The summed E-state index contributed by atoms with van der Waals surface area (Å²) in [5.74, 6) is -0.618. The molecule has 0 saturated carbocycles. The largest absolute Gasteiger partial charge is 0.478 e. The first-order valence-electron chi connectivity index (χ1n) is 6.20. The van der Waals surface area contributed by atoms with Gasteiger partial charge in [-0.25, -0.2) is 9.78 Å². The van der Waals surface area contributed by atoms with Crippen molar-refractivity contribution in [3.8, 4) is 0 Å². The van der Waals surface area contributed by atoms with Crippen LogP contribution in [0.15, 0.2) is 30.3 Å². The third-order valence-electron chi connectivity index (χ3n) is 2.83. The molecule has 2 aromatic rings. The molecule has 0 saturated heterocycles. The molecule has 3 N–H and O–H groups in total. The van der Waals surface area contributed by atoms with Crippen LogP contribution in [0.2, 0.25) is 0 Å². The van der Waals surface area contributed by atoms with E-state index in [2.05, 4.69) is 10.3 Å². The van der Waals surface area contributed by atoms with Crippen LogP contribution >= 0.6 is 0 Å². The van der Waals surface area contributed by atoms with Gasteiger partial charge in [-0.3, -0.25) is 0 Å². The van der Waals surface area contributed by atoms with Gasteiger partial charge in [-0.05, 0) is 25.0 Å². The van der Waals surface area contributed by atoms with E-state index >= 15 is 0 Å². The summed E-state index contributed by atoms with van der Waals surface area (Å²) < 4.78 is 0. The summed E-state index contributed by atoms with van der Waals surface area (Å²) in [6.45, 7) is 0.727. The molecule has 0 atom stereocenters. The number of para-hydroxylation sites is 1.